The van der Waals surface area contributed by atoms with Crippen molar-refractivity contribution in [1.29, 1.82) is 0 Å². The number of nitrogens with one attached hydrogen (secondary N) is 1. The van der Waals surface area contributed by atoms with Gasteiger partial charge in [-0.25, -0.2) is 0 Å². The summed E-state index contributed by atoms with van der Waals surface area (Å²) < 4.78 is 5.05. The standard InChI is InChI=1S/C12H25NO/c1-3-11-7-8-13-12(10-11)6-4-5-9-14-2/h11-13H,3-10H2,1-2H3. The first kappa shape index (κ1) is 12.0. The zero-order valence-electron chi connectivity index (χ0n) is 9.72. The second kappa shape index (κ2) is 7.24. The first-order valence-corrected chi connectivity index (χ1v) is 6.09. The van der Waals surface area contributed by atoms with Crippen molar-refractivity contribution in [2.45, 2.75) is 51.5 Å². The molecule has 0 spiro atoms. The molecule has 1 N–H and O–H groups in total. The predicted octanol–water partition coefficient (Wildman–Crippen LogP) is 2.58. The highest BCUT2D eigenvalue weighted by molar-refractivity contribution is 4.77. The first-order valence-electron chi connectivity index (χ1n) is 6.09. The third kappa shape index (κ3) is 4.43. The van der Waals surface area contributed by atoms with Gasteiger partial charge in [0.2, 0.25) is 0 Å². The zero-order chi connectivity index (χ0) is 10.2. The van der Waals surface area contributed by atoms with Crippen LogP contribution in [0.15, 0.2) is 0 Å². The number of rotatable bonds is 6. The van der Waals surface area contributed by atoms with Crippen LogP contribution < -0.4 is 5.32 Å². The highest BCUT2D eigenvalue weighted by Gasteiger charge is 2.19. The lowest BCUT2D eigenvalue weighted by Gasteiger charge is -2.29. The van der Waals surface area contributed by atoms with Crippen LogP contribution in [0.1, 0.15) is 45.4 Å². The monoisotopic (exact) mass is 199 g/mol. The topological polar surface area (TPSA) is 21.3 Å². The van der Waals surface area contributed by atoms with Crippen LogP contribution in [0.4, 0.5) is 0 Å². The summed E-state index contributed by atoms with van der Waals surface area (Å²) in [6.45, 7) is 4.47. The summed E-state index contributed by atoms with van der Waals surface area (Å²) in [5, 5.41) is 3.62. The Morgan fingerprint density at radius 3 is 2.93 bits per heavy atom. The van der Waals surface area contributed by atoms with Gasteiger partial charge in [-0.3, -0.25) is 0 Å². The summed E-state index contributed by atoms with van der Waals surface area (Å²) in [5.74, 6) is 0.976. The molecule has 2 unspecified atom stereocenters. The van der Waals surface area contributed by atoms with Crippen molar-refractivity contribution < 1.29 is 4.74 Å². The molecule has 0 radical (unpaired) electrons. The average Bonchev–Trinajstić information content (AvgIpc) is 2.25. The van der Waals surface area contributed by atoms with Crippen molar-refractivity contribution in [2.24, 2.45) is 5.92 Å². The Hall–Kier alpha value is -0.0800. The molecule has 0 aromatic heterocycles. The number of ether oxygens (including phenoxy) is 1. The Kier molecular flexibility index (Phi) is 6.20. The van der Waals surface area contributed by atoms with Crippen LogP contribution >= 0.6 is 0 Å². The third-order valence-electron chi connectivity index (χ3n) is 3.33. The van der Waals surface area contributed by atoms with E-state index in [1.54, 1.807) is 7.11 Å². The largest absolute Gasteiger partial charge is 0.385 e. The van der Waals surface area contributed by atoms with Gasteiger partial charge in [0.25, 0.3) is 0 Å². The van der Waals surface area contributed by atoms with E-state index in [0.717, 1.165) is 18.6 Å². The lowest BCUT2D eigenvalue weighted by Crippen LogP contribution is -2.37. The van der Waals surface area contributed by atoms with Gasteiger partial charge in [-0.15, -0.1) is 0 Å². The third-order valence-corrected chi connectivity index (χ3v) is 3.33. The van der Waals surface area contributed by atoms with Crippen LogP contribution in [0, 0.1) is 5.92 Å². The number of hydrogen-bond acceptors (Lipinski definition) is 2. The van der Waals surface area contributed by atoms with Crippen LogP contribution in [-0.2, 0) is 4.74 Å². The summed E-state index contributed by atoms with van der Waals surface area (Å²) >= 11 is 0. The number of methoxy groups -OCH3 is 1. The fraction of sp³-hybridized carbons (Fsp3) is 1.00. The van der Waals surface area contributed by atoms with Crippen molar-refractivity contribution in [1.82, 2.24) is 5.32 Å². The van der Waals surface area contributed by atoms with E-state index >= 15 is 0 Å². The van der Waals surface area contributed by atoms with E-state index in [9.17, 15) is 0 Å². The van der Waals surface area contributed by atoms with Crippen LogP contribution in [0.5, 0.6) is 0 Å². The van der Waals surface area contributed by atoms with Crippen LogP contribution in [0.2, 0.25) is 0 Å². The molecular weight excluding hydrogens is 174 g/mol. The van der Waals surface area contributed by atoms with Gasteiger partial charge < -0.3 is 10.1 Å². The predicted molar refractivity (Wildman–Crippen MR) is 60.5 cm³/mol. The summed E-state index contributed by atoms with van der Waals surface area (Å²) in [6, 6.07) is 0.783. The van der Waals surface area contributed by atoms with Crippen LogP contribution in [0.3, 0.4) is 0 Å². The van der Waals surface area contributed by atoms with E-state index in [2.05, 4.69) is 12.2 Å². The van der Waals surface area contributed by atoms with E-state index < -0.39 is 0 Å². The Balaban J connectivity index is 2.05. The van der Waals surface area contributed by atoms with Crippen molar-refractivity contribution in [3.63, 3.8) is 0 Å². The summed E-state index contributed by atoms with van der Waals surface area (Å²) in [4.78, 5) is 0. The molecule has 1 heterocycles. The quantitative estimate of drug-likeness (QED) is 0.664. The molecule has 0 amide bonds. The fourth-order valence-corrected chi connectivity index (χ4v) is 2.32. The van der Waals surface area contributed by atoms with Gasteiger partial charge in [-0.05, 0) is 44.6 Å². The second-order valence-electron chi connectivity index (χ2n) is 4.44. The van der Waals surface area contributed by atoms with Gasteiger partial charge in [0.05, 0.1) is 0 Å². The minimum absolute atomic E-state index is 0.783. The van der Waals surface area contributed by atoms with Crippen molar-refractivity contribution in [2.75, 3.05) is 20.3 Å². The maximum Gasteiger partial charge on any atom is 0.0462 e. The number of hydrogen-bond donors (Lipinski definition) is 1. The Morgan fingerprint density at radius 2 is 2.21 bits per heavy atom. The number of unbranched alkanes of at least 4 members (excludes halogenated alkanes) is 1. The molecule has 84 valence electrons. The van der Waals surface area contributed by atoms with Gasteiger partial charge >= 0.3 is 0 Å². The molecule has 0 aromatic carbocycles. The second-order valence-corrected chi connectivity index (χ2v) is 4.44. The lowest BCUT2D eigenvalue weighted by molar-refractivity contribution is 0.188. The molecule has 1 aliphatic rings. The smallest absolute Gasteiger partial charge is 0.0462 e. The van der Waals surface area contributed by atoms with Crippen molar-refractivity contribution in [3.8, 4) is 0 Å². The van der Waals surface area contributed by atoms with Gasteiger partial charge in [-0.1, -0.05) is 13.3 Å². The Morgan fingerprint density at radius 1 is 1.36 bits per heavy atom. The van der Waals surface area contributed by atoms with Gasteiger partial charge in [0.1, 0.15) is 0 Å². The summed E-state index contributed by atoms with van der Waals surface area (Å²) in [7, 11) is 1.78. The number of piperidine rings is 1. The van der Waals surface area contributed by atoms with Gasteiger partial charge in [0, 0.05) is 19.8 Å². The molecule has 0 aromatic rings. The summed E-state index contributed by atoms with van der Waals surface area (Å²) in [5.41, 5.74) is 0. The van der Waals surface area contributed by atoms with Crippen molar-refractivity contribution >= 4 is 0 Å². The molecule has 2 heteroatoms. The first-order chi connectivity index (χ1) is 6.86. The maximum atomic E-state index is 5.05. The van der Waals surface area contributed by atoms with Crippen LogP contribution in [0.25, 0.3) is 0 Å². The SMILES string of the molecule is CCC1CCNC(CCCCOC)C1. The molecule has 0 bridgehead atoms. The zero-order valence-corrected chi connectivity index (χ0v) is 9.72. The molecule has 1 aliphatic heterocycles. The summed E-state index contributed by atoms with van der Waals surface area (Å²) in [6.07, 6.45) is 7.98. The Labute approximate surface area is 88.4 Å². The van der Waals surface area contributed by atoms with E-state index in [1.807, 2.05) is 0 Å². The molecular formula is C12H25NO. The normalized spacial score (nSPS) is 27.9. The fourth-order valence-electron chi connectivity index (χ4n) is 2.32. The molecule has 0 saturated carbocycles. The lowest BCUT2D eigenvalue weighted by atomic mass is 9.88. The van der Waals surface area contributed by atoms with E-state index in [1.165, 1.54) is 45.1 Å². The van der Waals surface area contributed by atoms with Crippen molar-refractivity contribution in [3.05, 3.63) is 0 Å². The Bertz CT molecular complexity index is 138. The molecule has 1 rings (SSSR count). The average molecular weight is 199 g/mol. The van der Waals surface area contributed by atoms with Gasteiger partial charge in [0.15, 0.2) is 0 Å². The molecule has 1 saturated heterocycles. The van der Waals surface area contributed by atoms with E-state index in [4.69, 9.17) is 4.74 Å². The maximum absolute atomic E-state index is 5.05. The molecule has 2 atom stereocenters. The highest BCUT2D eigenvalue weighted by atomic mass is 16.5. The van der Waals surface area contributed by atoms with E-state index in [0.29, 0.717) is 0 Å². The molecule has 14 heavy (non-hydrogen) atoms. The molecule has 0 aliphatic carbocycles. The van der Waals surface area contributed by atoms with Gasteiger partial charge in [-0.2, -0.15) is 0 Å². The highest BCUT2D eigenvalue weighted by Crippen LogP contribution is 2.21. The van der Waals surface area contributed by atoms with Crippen LogP contribution in [-0.4, -0.2) is 26.3 Å². The minimum Gasteiger partial charge on any atom is -0.385 e. The van der Waals surface area contributed by atoms with E-state index in [-0.39, 0.29) is 0 Å². The molecule has 1 fully saturated rings. The minimum atomic E-state index is 0.783. The molecule has 2 nitrogen and oxygen atoms in total.